The molecule has 1 fully saturated rings. The van der Waals surface area contributed by atoms with Crippen LogP contribution in [0.25, 0.3) is 0 Å². The Hall–Kier alpha value is -2.55. The van der Waals surface area contributed by atoms with E-state index in [1.807, 2.05) is 4.72 Å². The fourth-order valence-electron chi connectivity index (χ4n) is 4.23. The molecule has 0 aliphatic carbocycles. The summed E-state index contributed by atoms with van der Waals surface area (Å²) in [5.41, 5.74) is 0.834. The third-order valence-electron chi connectivity index (χ3n) is 5.83. The van der Waals surface area contributed by atoms with Gasteiger partial charge in [0.05, 0.1) is 13.2 Å². The van der Waals surface area contributed by atoms with Gasteiger partial charge in [-0.15, -0.1) is 0 Å². The quantitative estimate of drug-likeness (QED) is 0.362. The molecule has 1 aliphatic rings. The van der Waals surface area contributed by atoms with Gasteiger partial charge in [0.15, 0.2) is 11.6 Å². The molecule has 37 heavy (non-hydrogen) atoms. The summed E-state index contributed by atoms with van der Waals surface area (Å²) >= 11 is 6.66. The number of benzene rings is 2. The summed E-state index contributed by atoms with van der Waals surface area (Å²) in [6.07, 6.45) is -2.91. The number of piperidine rings is 1. The van der Waals surface area contributed by atoms with Gasteiger partial charge in [-0.2, -0.15) is 17.5 Å². The van der Waals surface area contributed by atoms with E-state index in [9.17, 15) is 30.4 Å². The highest BCUT2D eigenvalue weighted by molar-refractivity contribution is 7.93. The molecule has 1 saturated heterocycles. The molecule has 0 bridgehead atoms. The van der Waals surface area contributed by atoms with Crippen molar-refractivity contribution in [1.29, 1.82) is 0 Å². The Morgan fingerprint density at radius 1 is 1.16 bits per heavy atom. The van der Waals surface area contributed by atoms with E-state index in [4.69, 9.17) is 16.3 Å². The molecule has 4 rings (SSSR count). The molecule has 0 radical (unpaired) electrons. The van der Waals surface area contributed by atoms with E-state index in [-0.39, 0.29) is 30.7 Å². The summed E-state index contributed by atoms with van der Waals surface area (Å²) in [5.74, 6) is -3.70. The second-order valence-electron chi connectivity index (χ2n) is 8.43. The van der Waals surface area contributed by atoms with E-state index in [1.165, 1.54) is 4.90 Å². The first-order chi connectivity index (χ1) is 17.4. The Balaban J connectivity index is 1.53. The van der Waals surface area contributed by atoms with E-state index < -0.39 is 50.9 Å². The Morgan fingerprint density at radius 3 is 2.54 bits per heavy atom. The van der Waals surface area contributed by atoms with Gasteiger partial charge in [-0.1, -0.05) is 23.7 Å². The minimum absolute atomic E-state index is 0.00906. The van der Waals surface area contributed by atoms with Gasteiger partial charge in [0.1, 0.15) is 17.0 Å². The van der Waals surface area contributed by atoms with Gasteiger partial charge in [0, 0.05) is 41.2 Å². The zero-order valence-electron chi connectivity index (χ0n) is 18.9. The van der Waals surface area contributed by atoms with Crippen molar-refractivity contribution < 1.29 is 35.1 Å². The van der Waals surface area contributed by atoms with Crippen molar-refractivity contribution in [3.8, 4) is 5.75 Å². The lowest BCUT2D eigenvalue weighted by molar-refractivity contribution is -0.150. The number of hydrogen-bond donors (Lipinski definition) is 1. The van der Waals surface area contributed by atoms with Gasteiger partial charge < -0.3 is 4.74 Å². The van der Waals surface area contributed by atoms with Crippen LogP contribution in [0.4, 0.5) is 27.1 Å². The predicted molar refractivity (Wildman–Crippen MR) is 127 cm³/mol. The molecule has 2 atom stereocenters. The average molecular weight is 583 g/mol. The van der Waals surface area contributed by atoms with Crippen LogP contribution in [0.2, 0.25) is 5.02 Å². The zero-order chi connectivity index (χ0) is 26.8. The Kier molecular flexibility index (Phi) is 8.21. The van der Waals surface area contributed by atoms with Crippen LogP contribution in [0, 0.1) is 17.6 Å². The van der Waals surface area contributed by atoms with Gasteiger partial charge in [-0.3, -0.25) is 9.62 Å². The number of nitrogens with zero attached hydrogens (tertiary/aromatic N) is 3. The highest BCUT2D eigenvalue weighted by Gasteiger charge is 2.37. The minimum Gasteiger partial charge on any atom is -0.490 e. The van der Waals surface area contributed by atoms with Crippen molar-refractivity contribution in [2.24, 2.45) is 5.92 Å². The lowest BCUT2D eigenvalue weighted by Gasteiger charge is -2.39. The normalized spacial score (nSPS) is 19.1. The molecule has 0 spiro atoms. The van der Waals surface area contributed by atoms with Gasteiger partial charge in [0.25, 0.3) is 10.0 Å². The molecule has 2 heterocycles. The van der Waals surface area contributed by atoms with Crippen molar-refractivity contribution >= 4 is 38.3 Å². The van der Waals surface area contributed by atoms with E-state index in [2.05, 4.69) is 9.36 Å². The number of nitrogens with one attached hydrogen (secondary N) is 1. The topological polar surface area (TPSA) is 84.4 Å². The summed E-state index contributed by atoms with van der Waals surface area (Å²) in [6, 6.07) is 7.94. The number of ether oxygens (including phenoxy) is 1. The number of alkyl halides is 3. The van der Waals surface area contributed by atoms with Crippen molar-refractivity contribution in [1.82, 2.24) is 14.3 Å². The van der Waals surface area contributed by atoms with Gasteiger partial charge >= 0.3 is 6.18 Å². The van der Waals surface area contributed by atoms with E-state index >= 15 is 0 Å². The SMILES string of the molecule is O=S(=O)(Nc1ncns1)c1cc(F)c(OC[C@H]2CN(CC(F)(F)F)CC[C@@H]2c2ccc(Cl)cc2)cc1F. The summed E-state index contributed by atoms with van der Waals surface area (Å²) < 4.78 is 104. The van der Waals surface area contributed by atoms with E-state index in [1.54, 1.807) is 24.3 Å². The summed E-state index contributed by atoms with van der Waals surface area (Å²) in [5, 5.41) is 0.369. The van der Waals surface area contributed by atoms with E-state index in [0.29, 0.717) is 35.1 Å². The van der Waals surface area contributed by atoms with E-state index in [0.717, 1.165) is 11.9 Å². The third-order valence-corrected chi connectivity index (χ3v) is 8.15. The van der Waals surface area contributed by atoms with Crippen LogP contribution in [0.5, 0.6) is 5.75 Å². The van der Waals surface area contributed by atoms with Crippen LogP contribution in [0.3, 0.4) is 0 Å². The Bertz CT molecular complexity index is 1330. The van der Waals surface area contributed by atoms with Crippen LogP contribution in [0.1, 0.15) is 17.9 Å². The fraction of sp³-hybridized carbons (Fsp3) is 0.364. The molecule has 2 aromatic carbocycles. The molecule has 1 N–H and O–H groups in total. The van der Waals surface area contributed by atoms with Crippen molar-refractivity contribution in [2.75, 3.05) is 31.0 Å². The molecule has 200 valence electrons. The Labute approximate surface area is 218 Å². The molecule has 7 nitrogen and oxygen atoms in total. The minimum atomic E-state index is -4.50. The van der Waals surface area contributed by atoms with Crippen LogP contribution >= 0.6 is 23.1 Å². The fourth-order valence-corrected chi connectivity index (χ4v) is 6.09. The predicted octanol–water partition coefficient (Wildman–Crippen LogP) is 5.32. The molecule has 0 unspecified atom stereocenters. The monoisotopic (exact) mass is 582 g/mol. The number of halogens is 6. The number of likely N-dealkylation sites (tertiary alicyclic amines) is 1. The summed E-state index contributed by atoms with van der Waals surface area (Å²) in [6.45, 7) is -1.13. The van der Waals surface area contributed by atoms with Crippen molar-refractivity contribution in [3.05, 3.63) is 64.9 Å². The maximum Gasteiger partial charge on any atom is 0.401 e. The maximum atomic E-state index is 14.8. The second kappa shape index (κ2) is 11.1. The number of hydrogen-bond acceptors (Lipinski definition) is 7. The largest absolute Gasteiger partial charge is 0.490 e. The standard InChI is InChI=1S/C22H20ClF5N4O3S2/c23-15-3-1-13(2-4-15)16-5-6-32(11-22(26,27)28)9-14(16)10-35-19-7-18(25)20(8-17(19)24)37(33,34)31-21-29-12-30-36-21/h1-4,7-8,12,14,16H,5-6,9-11H2,(H,29,30,31)/t14-,16-/m1/s1. The lowest BCUT2D eigenvalue weighted by Crippen LogP contribution is -2.45. The molecular formula is C22H20ClF5N4O3S2. The number of aromatic nitrogens is 2. The van der Waals surface area contributed by atoms with Crippen LogP contribution in [0.15, 0.2) is 47.6 Å². The average Bonchev–Trinajstić information content (AvgIpc) is 3.31. The molecule has 1 aromatic heterocycles. The summed E-state index contributed by atoms with van der Waals surface area (Å²) in [7, 11) is -4.50. The number of sulfonamides is 1. The molecule has 0 saturated carbocycles. The van der Waals surface area contributed by atoms with Crippen LogP contribution < -0.4 is 9.46 Å². The lowest BCUT2D eigenvalue weighted by atomic mass is 9.81. The number of rotatable bonds is 8. The third kappa shape index (κ3) is 7.06. The van der Waals surface area contributed by atoms with Crippen molar-refractivity contribution in [2.45, 2.75) is 23.4 Å². The molecule has 15 heteroatoms. The Morgan fingerprint density at radius 2 is 1.89 bits per heavy atom. The molecular weight excluding hydrogens is 563 g/mol. The smallest absolute Gasteiger partial charge is 0.401 e. The highest BCUT2D eigenvalue weighted by Crippen LogP contribution is 2.36. The molecule has 1 aliphatic heterocycles. The van der Waals surface area contributed by atoms with Crippen molar-refractivity contribution in [3.63, 3.8) is 0 Å². The maximum absolute atomic E-state index is 14.8. The van der Waals surface area contributed by atoms with Gasteiger partial charge in [-0.25, -0.2) is 22.2 Å². The second-order valence-corrected chi connectivity index (χ2v) is 11.3. The van der Waals surface area contributed by atoms with Gasteiger partial charge in [0.2, 0.25) is 5.13 Å². The number of anilines is 1. The van der Waals surface area contributed by atoms with Crippen LogP contribution in [-0.4, -0.2) is 55.1 Å². The first kappa shape index (κ1) is 27.5. The van der Waals surface area contributed by atoms with Gasteiger partial charge in [-0.05, 0) is 36.6 Å². The molecule has 3 aromatic rings. The summed E-state index contributed by atoms with van der Waals surface area (Å²) in [4.78, 5) is 3.92. The highest BCUT2D eigenvalue weighted by atomic mass is 35.5. The first-order valence-electron chi connectivity index (χ1n) is 10.9. The first-order valence-corrected chi connectivity index (χ1v) is 13.5. The van der Waals surface area contributed by atoms with Crippen LogP contribution in [-0.2, 0) is 10.0 Å². The zero-order valence-corrected chi connectivity index (χ0v) is 21.3. The molecule has 0 amide bonds.